The standard InChI is InChI=1S/C16H32O3.Zn/c17-15-13-11-9-7-5-3-1-2-4-6-8-10-12-14-16(18)19;/h17H,1-15H2,(H,18,19);. The van der Waals surface area contributed by atoms with E-state index in [4.69, 9.17) is 10.2 Å². The summed E-state index contributed by atoms with van der Waals surface area (Å²) in [6.07, 6.45) is 16.1. The molecule has 0 rings (SSSR count). The maximum atomic E-state index is 10.3. The number of aliphatic carboxylic acids is 1. The molecule has 0 saturated heterocycles. The number of rotatable bonds is 15. The molecule has 2 N–H and O–H groups in total. The predicted molar refractivity (Wildman–Crippen MR) is 79.4 cm³/mol. The van der Waals surface area contributed by atoms with E-state index in [1.807, 2.05) is 0 Å². The summed E-state index contributed by atoms with van der Waals surface area (Å²) in [5.41, 5.74) is 0. The summed E-state index contributed by atoms with van der Waals surface area (Å²) >= 11 is 0. The Morgan fingerprint density at radius 1 is 0.600 bits per heavy atom. The van der Waals surface area contributed by atoms with Crippen LogP contribution in [0.25, 0.3) is 0 Å². The van der Waals surface area contributed by atoms with Crippen molar-refractivity contribution in [1.82, 2.24) is 0 Å². The Morgan fingerprint density at radius 2 is 0.900 bits per heavy atom. The van der Waals surface area contributed by atoms with Crippen molar-refractivity contribution >= 4 is 5.97 Å². The van der Waals surface area contributed by atoms with Gasteiger partial charge in [-0.05, 0) is 12.8 Å². The van der Waals surface area contributed by atoms with Crippen LogP contribution >= 0.6 is 0 Å². The average Bonchev–Trinajstić information content (AvgIpc) is 2.39. The molecule has 0 aliphatic rings. The fourth-order valence-electron chi connectivity index (χ4n) is 2.33. The number of hydrogen-bond donors (Lipinski definition) is 2. The number of carboxylic acids is 1. The minimum absolute atomic E-state index is 0. The normalized spacial score (nSPS) is 10.2. The van der Waals surface area contributed by atoms with E-state index in [2.05, 4.69) is 0 Å². The summed E-state index contributed by atoms with van der Waals surface area (Å²) in [7, 11) is 0. The summed E-state index contributed by atoms with van der Waals surface area (Å²) in [4.78, 5) is 10.3. The number of unbranched alkanes of at least 4 members (excludes halogenated alkanes) is 12. The first kappa shape index (κ1) is 22.3. The Hall–Kier alpha value is 0.0534. The Balaban J connectivity index is 0. The monoisotopic (exact) mass is 336 g/mol. The quantitative estimate of drug-likeness (QED) is 0.341. The molecule has 0 aromatic heterocycles. The minimum atomic E-state index is -0.668. The summed E-state index contributed by atoms with van der Waals surface area (Å²) in [5, 5.41) is 17.1. The fourth-order valence-corrected chi connectivity index (χ4v) is 2.33. The van der Waals surface area contributed by atoms with Gasteiger partial charge in [-0.25, -0.2) is 0 Å². The van der Waals surface area contributed by atoms with Gasteiger partial charge in [0, 0.05) is 32.5 Å². The summed E-state index contributed by atoms with van der Waals surface area (Å²) in [6.45, 7) is 0.340. The zero-order valence-corrected chi connectivity index (χ0v) is 16.1. The van der Waals surface area contributed by atoms with Crippen LogP contribution in [0.3, 0.4) is 0 Å². The number of hydrogen-bond acceptors (Lipinski definition) is 2. The van der Waals surface area contributed by atoms with Crippen molar-refractivity contribution < 1.29 is 34.5 Å². The Morgan fingerprint density at radius 3 is 1.20 bits per heavy atom. The third-order valence-electron chi connectivity index (χ3n) is 3.55. The molecule has 0 aliphatic carbocycles. The fraction of sp³-hybridized carbons (Fsp3) is 0.938. The molecular weight excluding hydrogens is 306 g/mol. The van der Waals surface area contributed by atoms with Crippen molar-refractivity contribution in [1.29, 1.82) is 0 Å². The summed E-state index contributed by atoms with van der Waals surface area (Å²) in [5.74, 6) is -0.668. The Kier molecular flexibility index (Phi) is 21.3. The van der Waals surface area contributed by atoms with Crippen molar-refractivity contribution in [2.45, 2.75) is 89.9 Å². The number of aliphatic hydroxyl groups is 1. The van der Waals surface area contributed by atoms with Gasteiger partial charge in [0.15, 0.2) is 0 Å². The van der Waals surface area contributed by atoms with Gasteiger partial charge in [-0.2, -0.15) is 0 Å². The van der Waals surface area contributed by atoms with Crippen LogP contribution in [-0.4, -0.2) is 22.8 Å². The van der Waals surface area contributed by atoms with E-state index in [-0.39, 0.29) is 19.5 Å². The molecule has 0 bridgehead atoms. The van der Waals surface area contributed by atoms with E-state index in [9.17, 15) is 4.79 Å². The first-order chi connectivity index (χ1) is 9.27. The van der Waals surface area contributed by atoms with Crippen molar-refractivity contribution in [3.8, 4) is 0 Å². The van der Waals surface area contributed by atoms with Gasteiger partial charge in [-0.1, -0.05) is 70.6 Å². The minimum Gasteiger partial charge on any atom is -0.481 e. The van der Waals surface area contributed by atoms with Crippen LogP contribution in [0.5, 0.6) is 0 Å². The van der Waals surface area contributed by atoms with Crippen molar-refractivity contribution in [3.05, 3.63) is 0 Å². The molecule has 0 fully saturated rings. The molecule has 0 amide bonds. The van der Waals surface area contributed by atoms with Crippen LogP contribution in [0.4, 0.5) is 0 Å². The van der Waals surface area contributed by atoms with Crippen molar-refractivity contribution in [2.24, 2.45) is 0 Å². The van der Waals surface area contributed by atoms with Gasteiger partial charge in [0.25, 0.3) is 0 Å². The van der Waals surface area contributed by atoms with Gasteiger partial charge in [-0.3, -0.25) is 4.79 Å². The molecule has 0 saturated carbocycles. The molecule has 0 spiro atoms. The molecular formula is C16H32O3Zn. The molecule has 0 aliphatic heterocycles. The largest absolute Gasteiger partial charge is 0.481 e. The predicted octanol–water partition coefficient (Wildman–Crippen LogP) is 4.52. The first-order valence-corrected chi connectivity index (χ1v) is 8.10. The second-order valence-electron chi connectivity index (χ2n) is 5.46. The molecule has 3 nitrogen and oxygen atoms in total. The molecule has 0 atom stereocenters. The van der Waals surface area contributed by atoms with Gasteiger partial charge < -0.3 is 10.2 Å². The molecule has 0 radical (unpaired) electrons. The van der Waals surface area contributed by atoms with Crippen molar-refractivity contribution in [2.75, 3.05) is 6.61 Å². The Labute approximate surface area is 137 Å². The second kappa shape index (κ2) is 19.1. The van der Waals surface area contributed by atoms with Crippen LogP contribution in [0.15, 0.2) is 0 Å². The Bertz CT molecular complexity index is 198. The SMILES string of the molecule is O=C(O)CCCCCCCCCCCCCCCO.[Zn]. The maximum absolute atomic E-state index is 10.3. The molecule has 20 heavy (non-hydrogen) atoms. The zero-order valence-electron chi connectivity index (χ0n) is 13.1. The maximum Gasteiger partial charge on any atom is 0.303 e. The molecule has 0 aromatic carbocycles. The topological polar surface area (TPSA) is 57.5 Å². The molecule has 4 heteroatoms. The number of aliphatic hydroxyl groups excluding tert-OH is 1. The summed E-state index contributed by atoms with van der Waals surface area (Å²) < 4.78 is 0. The van der Waals surface area contributed by atoms with E-state index in [0.717, 1.165) is 19.3 Å². The van der Waals surface area contributed by atoms with E-state index in [0.29, 0.717) is 13.0 Å². The van der Waals surface area contributed by atoms with Gasteiger partial charge in [0.05, 0.1) is 0 Å². The van der Waals surface area contributed by atoms with Gasteiger partial charge in [0.1, 0.15) is 0 Å². The zero-order chi connectivity index (χ0) is 14.2. The van der Waals surface area contributed by atoms with Gasteiger partial charge in [0.2, 0.25) is 0 Å². The van der Waals surface area contributed by atoms with Crippen LogP contribution in [-0.2, 0) is 24.3 Å². The van der Waals surface area contributed by atoms with E-state index < -0.39 is 5.97 Å². The molecule has 0 heterocycles. The molecule has 116 valence electrons. The number of carboxylic acid groups (broad SMARTS) is 1. The van der Waals surface area contributed by atoms with E-state index in [1.165, 1.54) is 64.2 Å². The van der Waals surface area contributed by atoms with Crippen LogP contribution in [0.2, 0.25) is 0 Å². The third kappa shape index (κ3) is 20.4. The third-order valence-corrected chi connectivity index (χ3v) is 3.55. The van der Waals surface area contributed by atoms with Crippen molar-refractivity contribution in [3.63, 3.8) is 0 Å². The average molecular weight is 338 g/mol. The van der Waals surface area contributed by atoms with Gasteiger partial charge in [-0.15, -0.1) is 0 Å². The van der Waals surface area contributed by atoms with E-state index in [1.54, 1.807) is 0 Å². The van der Waals surface area contributed by atoms with E-state index >= 15 is 0 Å². The molecule has 0 aromatic rings. The number of carbonyl (C=O) groups is 1. The smallest absolute Gasteiger partial charge is 0.303 e. The molecule has 0 unspecified atom stereocenters. The van der Waals surface area contributed by atoms with Crippen LogP contribution in [0, 0.1) is 0 Å². The first-order valence-electron chi connectivity index (χ1n) is 8.10. The van der Waals surface area contributed by atoms with Crippen LogP contribution in [0.1, 0.15) is 89.9 Å². The van der Waals surface area contributed by atoms with Crippen LogP contribution < -0.4 is 0 Å². The summed E-state index contributed by atoms with van der Waals surface area (Å²) in [6, 6.07) is 0. The second-order valence-corrected chi connectivity index (χ2v) is 5.46. The van der Waals surface area contributed by atoms with Gasteiger partial charge >= 0.3 is 5.97 Å².